The molecule has 6 nitrogen and oxygen atoms in total. The normalized spacial score (nSPS) is 16.5. The molecule has 0 aliphatic carbocycles. The lowest BCUT2D eigenvalue weighted by atomic mass is 9.97. The van der Waals surface area contributed by atoms with Crippen LogP contribution in [0, 0.1) is 19.8 Å². The summed E-state index contributed by atoms with van der Waals surface area (Å²) in [5, 5.41) is 11.8. The lowest BCUT2D eigenvalue weighted by Gasteiger charge is -2.32. The van der Waals surface area contributed by atoms with Gasteiger partial charge in [0.1, 0.15) is 0 Å². The van der Waals surface area contributed by atoms with Gasteiger partial charge in [-0.25, -0.2) is 0 Å². The van der Waals surface area contributed by atoms with Crippen LogP contribution >= 0.6 is 0 Å². The Hall–Kier alpha value is -3.28. The Morgan fingerprint density at radius 3 is 2.59 bits per heavy atom. The van der Waals surface area contributed by atoms with Gasteiger partial charge in [-0.3, -0.25) is 9.78 Å². The van der Waals surface area contributed by atoms with Crippen LogP contribution in [0.4, 0.5) is 11.5 Å². The third kappa shape index (κ3) is 4.42. The average Bonchev–Trinajstić information content (AvgIpc) is 2.77. The highest BCUT2D eigenvalue weighted by Gasteiger charge is 2.27. The van der Waals surface area contributed by atoms with E-state index < -0.39 is 0 Å². The third-order valence-electron chi connectivity index (χ3n) is 5.52. The van der Waals surface area contributed by atoms with Gasteiger partial charge in [-0.1, -0.05) is 6.07 Å². The Morgan fingerprint density at radius 2 is 1.86 bits per heavy atom. The van der Waals surface area contributed by atoms with Crippen molar-refractivity contribution in [2.45, 2.75) is 26.7 Å². The number of nitrogens with one attached hydrogen (secondary N) is 1. The standard InChI is InChI=1S/C23H25N5O/c1-16-5-6-20(14-17(16)2)25-23(29)19-4-3-13-28(15-19)22-8-7-21(26-27-22)18-9-11-24-12-10-18/h5-12,14,19H,3-4,13,15H2,1-2H3,(H,25,29). The number of piperidine rings is 1. The van der Waals surface area contributed by atoms with Crippen molar-refractivity contribution in [2.75, 3.05) is 23.3 Å². The van der Waals surface area contributed by atoms with Gasteiger partial charge in [0.05, 0.1) is 11.6 Å². The fourth-order valence-electron chi connectivity index (χ4n) is 3.63. The Balaban J connectivity index is 1.42. The molecule has 1 atom stereocenters. The summed E-state index contributed by atoms with van der Waals surface area (Å²) >= 11 is 0. The number of hydrogen-bond acceptors (Lipinski definition) is 5. The van der Waals surface area contributed by atoms with Gasteiger partial charge in [-0.15, -0.1) is 10.2 Å². The molecule has 4 rings (SSSR count). The van der Waals surface area contributed by atoms with Gasteiger partial charge in [0.15, 0.2) is 5.82 Å². The Labute approximate surface area is 171 Å². The zero-order valence-corrected chi connectivity index (χ0v) is 16.8. The molecule has 1 aliphatic rings. The first-order chi connectivity index (χ1) is 14.1. The van der Waals surface area contributed by atoms with Crippen LogP contribution in [-0.4, -0.2) is 34.2 Å². The van der Waals surface area contributed by atoms with Crippen LogP contribution in [0.3, 0.4) is 0 Å². The predicted octanol–water partition coefficient (Wildman–Crippen LogP) is 4.01. The summed E-state index contributed by atoms with van der Waals surface area (Å²) in [6.45, 7) is 5.67. The van der Waals surface area contributed by atoms with Gasteiger partial charge in [-0.2, -0.15) is 0 Å². The maximum atomic E-state index is 12.8. The number of rotatable bonds is 4. The number of amides is 1. The monoisotopic (exact) mass is 387 g/mol. The zero-order chi connectivity index (χ0) is 20.2. The molecule has 3 heterocycles. The number of aromatic nitrogens is 3. The van der Waals surface area contributed by atoms with E-state index in [0.717, 1.165) is 42.1 Å². The van der Waals surface area contributed by atoms with Gasteiger partial charge < -0.3 is 10.2 Å². The molecule has 0 saturated carbocycles. The number of pyridine rings is 1. The van der Waals surface area contributed by atoms with Crippen molar-refractivity contribution in [3.63, 3.8) is 0 Å². The number of anilines is 2. The quantitative estimate of drug-likeness (QED) is 0.732. The maximum Gasteiger partial charge on any atom is 0.229 e. The molecular weight excluding hydrogens is 362 g/mol. The van der Waals surface area contributed by atoms with Crippen LogP contribution < -0.4 is 10.2 Å². The minimum Gasteiger partial charge on any atom is -0.354 e. The van der Waals surface area contributed by atoms with E-state index in [4.69, 9.17) is 0 Å². The summed E-state index contributed by atoms with van der Waals surface area (Å²) in [5.41, 5.74) is 5.07. The highest BCUT2D eigenvalue weighted by Crippen LogP contribution is 2.24. The van der Waals surface area contributed by atoms with Crippen molar-refractivity contribution in [1.82, 2.24) is 15.2 Å². The highest BCUT2D eigenvalue weighted by molar-refractivity contribution is 5.93. The molecule has 1 aromatic carbocycles. The second-order valence-corrected chi connectivity index (χ2v) is 7.59. The zero-order valence-electron chi connectivity index (χ0n) is 16.8. The Bertz CT molecular complexity index is 988. The summed E-state index contributed by atoms with van der Waals surface area (Å²) < 4.78 is 0. The van der Waals surface area contributed by atoms with Crippen molar-refractivity contribution < 1.29 is 4.79 Å². The first kappa shape index (κ1) is 19.1. The van der Waals surface area contributed by atoms with E-state index in [1.165, 1.54) is 11.1 Å². The summed E-state index contributed by atoms with van der Waals surface area (Å²) in [4.78, 5) is 19.0. The molecule has 1 aliphatic heterocycles. The number of aryl methyl sites for hydroxylation is 2. The SMILES string of the molecule is Cc1ccc(NC(=O)C2CCCN(c3ccc(-c4ccncc4)nn3)C2)cc1C. The van der Waals surface area contributed by atoms with E-state index >= 15 is 0 Å². The van der Waals surface area contributed by atoms with Gasteiger partial charge in [0.2, 0.25) is 5.91 Å². The Morgan fingerprint density at radius 1 is 1.03 bits per heavy atom. The van der Waals surface area contributed by atoms with Crippen LogP contribution in [0.15, 0.2) is 54.9 Å². The predicted molar refractivity (Wildman–Crippen MR) is 115 cm³/mol. The molecule has 1 fully saturated rings. The molecular formula is C23H25N5O. The number of nitrogens with zero attached hydrogens (tertiary/aromatic N) is 4. The van der Waals surface area contributed by atoms with Crippen LogP contribution in [0.1, 0.15) is 24.0 Å². The van der Waals surface area contributed by atoms with E-state index in [-0.39, 0.29) is 11.8 Å². The smallest absolute Gasteiger partial charge is 0.229 e. The van der Waals surface area contributed by atoms with E-state index in [9.17, 15) is 4.79 Å². The summed E-state index contributed by atoms with van der Waals surface area (Å²) in [6.07, 6.45) is 5.33. The van der Waals surface area contributed by atoms with Crippen LogP contribution in [0.2, 0.25) is 0 Å². The molecule has 0 spiro atoms. The fraction of sp³-hybridized carbons (Fsp3) is 0.304. The minimum absolute atomic E-state index is 0.0629. The minimum atomic E-state index is -0.0629. The molecule has 1 N–H and O–H groups in total. The van der Waals surface area contributed by atoms with Crippen LogP contribution in [0.5, 0.6) is 0 Å². The van der Waals surface area contributed by atoms with Crippen LogP contribution in [0.25, 0.3) is 11.3 Å². The molecule has 29 heavy (non-hydrogen) atoms. The van der Waals surface area contributed by atoms with Crippen molar-refractivity contribution in [2.24, 2.45) is 5.92 Å². The molecule has 148 valence electrons. The van der Waals surface area contributed by atoms with Crippen molar-refractivity contribution >= 4 is 17.4 Å². The first-order valence-electron chi connectivity index (χ1n) is 9.97. The van der Waals surface area contributed by atoms with E-state index in [2.05, 4.69) is 39.2 Å². The van der Waals surface area contributed by atoms with E-state index in [1.807, 2.05) is 42.5 Å². The van der Waals surface area contributed by atoms with Crippen LogP contribution in [-0.2, 0) is 4.79 Å². The fourth-order valence-corrected chi connectivity index (χ4v) is 3.63. The molecule has 1 saturated heterocycles. The van der Waals surface area contributed by atoms with Gasteiger partial charge in [-0.05, 0) is 74.2 Å². The molecule has 6 heteroatoms. The Kier molecular flexibility index (Phi) is 5.51. The van der Waals surface area contributed by atoms with Crippen molar-refractivity contribution in [3.05, 3.63) is 66.0 Å². The second-order valence-electron chi connectivity index (χ2n) is 7.59. The largest absolute Gasteiger partial charge is 0.354 e. The number of benzene rings is 1. The van der Waals surface area contributed by atoms with E-state index in [1.54, 1.807) is 12.4 Å². The molecule has 0 bridgehead atoms. The summed E-state index contributed by atoms with van der Waals surface area (Å²) in [5.74, 6) is 0.817. The molecule has 0 radical (unpaired) electrons. The third-order valence-corrected chi connectivity index (χ3v) is 5.52. The second kappa shape index (κ2) is 8.39. The van der Waals surface area contributed by atoms with Gasteiger partial charge >= 0.3 is 0 Å². The maximum absolute atomic E-state index is 12.8. The van der Waals surface area contributed by atoms with E-state index in [0.29, 0.717) is 6.54 Å². The molecule has 1 amide bonds. The van der Waals surface area contributed by atoms with Gasteiger partial charge in [0.25, 0.3) is 0 Å². The van der Waals surface area contributed by atoms with Crippen molar-refractivity contribution in [1.29, 1.82) is 0 Å². The molecule has 3 aromatic rings. The van der Waals surface area contributed by atoms with Gasteiger partial charge in [0, 0.05) is 36.7 Å². The lowest BCUT2D eigenvalue weighted by molar-refractivity contribution is -0.120. The number of carbonyl (C=O) groups excluding carboxylic acids is 1. The molecule has 2 aromatic heterocycles. The van der Waals surface area contributed by atoms with Crippen molar-refractivity contribution in [3.8, 4) is 11.3 Å². The topological polar surface area (TPSA) is 71.0 Å². The average molecular weight is 387 g/mol. The summed E-state index contributed by atoms with van der Waals surface area (Å²) in [7, 11) is 0. The molecule has 1 unspecified atom stereocenters. The lowest BCUT2D eigenvalue weighted by Crippen LogP contribution is -2.41. The first-order valence-corrected chi connectivity index (χ1v) is 9.97. The number of hydrogen-bond donors (Lipinski definition) is 1. The summed E-state index contributed by atoms with van der Waals surface area (Å²) in [6, 6.07) is 13.8. The number of carbonyl (C=O) groups is 1. The highest BCUT2D eigenvalue weighted by atomic mass is 16.1.